The second-order valence-electron chi connectivity index (χ2n) is 7.56. The van der Waals surface area contributed by atoms with Gasteiger partial charge in [0, 0.05) is 57.5 Å². The predicted octanol–water partition coefficient (Wildman–Crippen LogP) is 2.77. The second kappa shape index (κ2) is 10.0. The van der Waals surface area contributed by atoms with Gasteiger partial charge in [-0.2, -0.15) is 0 Å². The molecule has 0 spiro atoms. The quantitative estimate of drug-likeness (QED) is 0.395. The summed E-state index contributed by atoms with van der Waals surface area (Å²) in [6, 6.07) is 9.88. The first kappa shape index (κ1) is 22.7. The van der Waals surface area contributed by atoms with Crippen LogP contribution in [0.2, 0.25) is 0 Å². The van der Waals surface area contributed by atoms with Gasteiger partial charge in [0.05, 0.1) is 34.9 Å². The van der Waals surface area contributed by atoms with Gasteiger partial charge in [-0.1, -0.05) is 11.3 Å². The number of nitrogens with one attached hydrogen (secondary N) is 1. The maximum Gasteiger partial charge on any atom is 0.270 e. The summed E-state index contributed by atoms with van der Waals surface area (Å²) in [5, 5.41) is 14.8. The maximum atomic E-state index is 12.5. The van der Waals surface area contributed by atoms with Crippen molar-refractivity contribution in [3.8, 4) is 11.5 Å². The highest BCUT2D eigenvalue weighted by molar-refractivity contribution is 7.22. The van der Waals surface area contributed by atoms with E-state index in [1.54, 1.807) is 37.4 Å². The van der Waals surface area contributed by atoms with Gasteiger partial charge in [-0.3, -0.25) is 19.8 Å². The Morgan fingerprint density at radius 3 is 2.64 bits per heavy atom. The Kier molecular flexibility index (Phi) is 6.90. The van der Waals surface area contributed by atoms with Crippen LogP contribution in [0, 0.1) is 10.1 Å². The van der Waals surface area contributed by atoms with Gasteiger partial charge >= 0.3 is 0 Å². The fourth-order valence-electron chi connectivity index (χ4n) is 3.72. The molecule has 3 aromatic rings. The first-order valence-electron chi connectivity index (χ1n) is 10.5. The summed E-state index contributed by atoms with van der Waals surface area (Å²) in [6.07, 6.45) is 0. The summed E-state index contributed by atoms with van der Waals surface area (Å²) in [5.41, 5.74) is 1.33. The Morgan fingerprint density at radius 2 is 1.94 bits per heavy atom. The minimum absolute atomic E-state index is 0.0804. The molecule has 1 saturated heterocycles. The lowest BCUT2D eigenvalue weighted by Gasteiger charge is -2.34. The number of thiazole rings is 1. The number of non-ortho nitro benzene ring substituents is 1. The van der Waals surface area contributed by atoms with Crippen LogP contribution < -0.4 is 19.7 Å². The van der Waals surface area contributed by atoms with Gasteiger partial charge in [-0.25, -0.2) is 4.98 Å². The number of rotatable bonds is 8. The molecule has 1 aromatic heterocycles. The van der Waals surface area contributed by atoms with E-state index < -0.39 is 0 Å². The van der Waals surface area contributed by atoms with E-state index in [-0.39, 0.29) is 16.5 Å². The zero-order chi connectivity index (χ0) is 23.4. The average Bonchev–Trinajstić information content (AvgIpc) is 3.27. The highest BCUT2D eigenvalue weighted by Crippen LogP contribution is 2.31. The number of piperazine rings is 1. The maximum absolute atomic E-state index is 12.5. The number of benzene rings is 2. The van der Waals surface area contributed by atoms with Gasteiger partial charge in [0.2, 0.25) is 0 Å². The monoisotopic (exact) mass is 471 g/mol. The highest BCUT2D eigenvalue weighted by atomic mass is 32.1. The number of aromatic nitrogens is 1. The Balaban J connectivity index is 1.27. The fraction of sp³-hybridized carbons (Fsp3) is 0.364. The number of anilines is 1. The van der Waals surface area contributed by atoms with Crippen LogP contribution in [0.4, 0.5) is 10.8 Å². The largest absolute Gasteiger partial charge is 0.497 e. The second-order valence-corrected chi connectivity index (χ2v) is 8.57. The Hall–Kier alpha value is -3.44. The molecular formula is C22H25N5O5S. The lowest BCUT2D eigenvalue weighted by molar-refractivity contribution is -0.384. The van der Waals surface area contributed by atoms with Crippen molar-refractivity contribution in [2.24, 2.45) is 0 Å². The molecule has 174 valence electrons. The molecule has 33 heavy (non-hydrogen) atoms. The van der Waals surface area contributed by atoms with Crippen LogP contribution in [-0.4, -0.2) is 74.2 Å². The summed E-state index contributed by atoms with van der Waals surface area (Å²) in [7, 11) is 3.09. The van der Waals surface area contributed by atoms with E-state index in [9.17, 15) is 14.9 Å². The van der Waals surface area contributed by atoms with Crippen molar-refractivity contribution in [1.29, 1.82) is 0 Å². The lowest BCUT2D eigenvalue weighted by atomic mass is 10.1. The molecule has 2 heterocycles. The normalized spacial score (nSPS) is 14.3. The SMILES string of the molecule is COc1ccc(C(=O)NCCN2CCN(c3nc4ccc([N+](=O)[O-])cc4s3)CC2)c(OC)c1. The highest BCUT2D eigenvalue weighted by Gasteiger charge is 2.21. The summed E-state index contributed by atoms with van der Waals surface area (Å²) in [6.45, 7) is 4.57. The molecule has 0 bridgehead atoms. The van der Waals surface area contributed by atoms with Crippen LogP contribution >= 0.6 is 11.3 Å². The number of nitro groups is 1. The molecule has 0 unspecified atom stereocenters. The summed E-state index contributed by atoms with van der Waals surface area (Å²) >= 11 is 1.48. The minimum Gasteiger partial charge on any atom is -0.497 e. The van der Waals surface area contributed by atoms with E-state index >= 15 is 0 Å². The van der Waals surface area contributed by atoms with Gasteiger partial charge < -0.3 is 19.7 Å². The zero-order valence-electron chi connectivity index (χ0n) is 18.4. The molecule has 1 aliphatic rings. The molecule has 1 aliphatic heterocycles. The third kappa shape index (κ3) is 5.15. The van der Waals surface area contributed by atoms with E-state index in [1.807, 2.05) is 0 Å². The van der Waals surface area contributed by atoms with Gasteiger partial charge in [0.25, 0.3) is 11.6 Å². The number of hydrogen-bond acceptors (Lipinski definition) is 9. The summed E-state index contributed by atoms with van der Waals surface area (Å²) in [4.78, 5) is 32.3. The van der Waals surface area contributed by atoms with Crippen molar-refractivity contribution in [3.05, 3.63) is 52.1 Å². The van der Waals surface area contributed by atoms with Crippen molar-refractivity contribution in [2.75, 3.05) is 58.4 Å². The van der Waals surface area contributed by atoms with Crippen molar-refractivity contribution >= 4 is 38.3 Å². The molecule has 2 aromatic carbocycles. The van der Waals surface area contributed by atoms with Gasteiger partial charge in [0.15, 0.2) is 5.13 Å². The van der Waals surface area contributed by atoms with Crippen LogP contribution in [0.15, 0.2) is 36.4 Å². The van der Waals surface area contributed by atoms with Gasteiger partial charge in [-0.15, -0.1) is 0 Å². The van der Waals surface area contributed by atoms with Gasteiger partial charge in [0.1, 0.15) is 11.5 Å². The van der Waals surface area contributed by atoms with Crippen molar-refractivity contribution in [1.82, 2.24) is 15.2 Å². The molecule has 0 atom stereocenters. The molecule has 1 fully saturated rings. The van der Waals surface area contributed by atoms with Crippen molar-refractivity contribution < 1.29 is 19.2 Å². The first-order chi connectivity index (χ1) is 16.0. The Labute approximate surface area is 194 Å². The number of amides is 1. The van der Waals surface area contributed by atoms with Crippen LogP contribution in [0.5, 0.6) is 11.5 Å². The van der Waals surface area contributed by atoms with Crippen LogP contribution in [-0.2, 0) is 0 Å². The molecule has 11 heteroatoms. The predicted molar refractivity (Wildman–Crippen MR) is 127 cm³/mol. The average molecular weight is 472 g/mol. The van der Waals surface area contributed by atoms with Crippen LogP contribution in [0.25, 0.3) is 10.2 Å². The molecule has 1 N–H and O–H groups in total. The van der Waals surface area contributed by atoms with E-state index in [4.69, 9.17) is 9.47 Å². The molecule has 4 rings (SSSR count). The molecule has 0 saturated carbocycles. The molecule has 1 amide bonds. The number of carbonyl (C=O) groups excluding carboxylic acids is 1. The molecule has 0 radical (unpaired) electrons. The minimum atomic E-state index is -0.388. The van der Waals surface area contributed by atoms with Gasteiger partial charge in [-0.05, 0) is 18.2 Å². The van der Waals surface area contributed by atoms with E-state index in [1.165, 1.54) is 24.5 Å². The number of ether oxygens (including phenoxy) is 2. The summed E-state index contributed by atoms with van der Waals surface area (Å²) in [5.74, 6) is 0.922. The number of nitrogens with zero attached hydrogens (tertiary/aromatic N) is 4. The molecule has 0 aliphatic carbocycles. The smallest absolute Gasteiger partial charge is 0.270 e. The number of carbonyl (C=O) groups is 1. The number of nitro benzene ring substituents is 1. The number of fused-ring (bicyclic) bond motifs is 1. The number of methoxy groups -OCH3 is 2. The summed E-state index contributed by atoms with van der Waals surface area (Å²) < 4.78 is 11.3. The lowest BCUT2D eigenvalue weighted by Crippen LogP contribution is -2.48. The molecular weight excluding hydrogens is 446 g/mol. The third-order valence-electron chi connectivity index (χ3n) is 5.58. The molecule has 10 nitrogen and oxygen atoms in total. The Morgan fingerprint density at radius 1 is 1.15 bits per heavy atom. The van der Waals surface area contributed by atoms with Crippen LogP contribution in [0.1, 0.15) is 10.4 Å². The Bertz CT molecular complexity index is 1160. The van der Waals surface area contributed by atoms with E-state index in [2.05, 4.69) is 20.1 Å². The first-order valence-corrected chi connectivity index (χ1v) is 11.3. The van der Waals surface area contributed by atoms with Crippen LogP contribution in [0.3, 0.4) is 0 Å². The van der Waals surface area contributed by atoms with E-state index in [0.717, 1.165) is 48.1 Å². The standard InChI is InChI=1S/C22H25N5O5S/c1-31-16-4-5-17(19(14-16)32-2)21(28)23-7-8-25-9-11-26(12-10-25)22-24-18-6-3-15(27(29)30)13-20(18)33-22/h3-6,13-14H,7-12H2,1-2H3,(H,23,28). The fourth-order valence-corrected chi connectivity index (χ4v) is 4.77. The van der Waals surface area contributed by atoms with Crippen molar-refractivity contribution in [3.63, 3.8) is 0 Å². The van der Waals surface area contributed by atoms with E-state index in [0.29, 0.717) is 23.6 Å². The van der Waals surface area contributed by atoms with Crippen molar-refractivity contribution in [2.45, 2.75) is 0 Å². The topological polar surface area (TPSA) is 110 Å². The third-order valence-corrected chi connectivity index (χ3v) is 6.66. The number of hydrogen-bond donors (Lipinski definition) is 1. The zero-order valence-corrected chi connectivity index (χ0v) is 19.3.